The van der Waals surface area contributed by atoms with Crippen LogP contribution >= 0.6 is 11.6 Å². The third-order valence-corrected chi connectivity index (χ3v) is 5.71. The highest BCUT2D eigenvalue weighted by Gasteiger charge is 2.41. The summed E-state index contributed by atoms with van der Waals surface area (Å²) >= 11 is 6.06. The largest absolute Gasteiger partial charge is 0.366 e. The first-order valence-corrected chi connectivity index (χ1v) is 10.9. The van der Waals surface area contributed by atoms with Crippen LogP contribution in [0.2, 0.25) is 5.02 Å². The van der Waals surface area contributed by atoms with Crippen molar-refractivity contribution in [3.63, 3.8) is 0 Å². The molecule has 6 nitrogen and oxygen atoms in total. The Morgan fingerprint density at radius 3 is 2.31 bits per heavy atom. The van der Waals surface area contributed by atoms with E-state index in [9.17, 15) is 9.59 Å². The Bertz CT molecular complexity index is 1130. The predicted molar refractivity (Wildman–Crippen MR) is 123 cm³/mol. The Morgan fingerprint density at radius 1 is 0.906 bits per heavy atom. The minimum absolute atomic E-state index is 0.175. The molecule has 0 saturated heterocycles. The van der Waals surface area contributed by atoms with Gasteiger partial charge in [0, 0.05) is 42.9 Å². The van der Waals surface area contributed by atoms with Crippen LogP contribution in [0.3, 0.4) is 0 Å². The minimum Gasteiger partial charge on any atom is -0.366 e. The van der Waals surface area contributed by atoms with Crippen molar-refractivity contribution in [1.82, 2.24) is 19.8 Å². The van der Waals surface area contributed by atoms with Gasteiger partial charge < -0.3 is 4.90 Å². The number of carbonyl (C=O) groups excluding carboxylic acids is 2. The van der Waals surface area contributed by atoms with E-state index in [2.05, 4.69) is 9.97 Å². The number of carbonyl (C=O) groups is 2. The van der Waals surface area contributed by atoms with Gasteiger partial charge in [0.2, 0.25) is 0 Å². The van der Waals surface area contributed by atoms with Crippen molar-refractivity contribution in [2.24, 2.45) is 0 Å². The molecule has 1 aromatic carbocycles. The van der Waals surface area contributed by atoms with Gasteiger partial charge in [-0.25, -0.2) is 0 Å². The SMILES string of the molecule is CCN(CCc1ccncc1)C1=C(c2ccc(Cl)cc2)C(=O)N(Cc2cccnc2)C1=O. The summed E-state index contributed by atoms with van der Waals surface area (Å²) in [7, 11) is 0. The van der Waals surface area contributed by atoms with Crippen molar-refractivity contribution < 1.29 is 9.59 Å². The van der Waals surface area contributed by atoms with Crippen molar-refractivity contribution >= 4 is 29.0 Å². The van der Waals surface area contributed by atoms with E-state index in [0.29, 0.717) is 34.9 Å². The molecule has 0 bridgehead atoms. The zero-order valence-corrected chi connectivity index (χ0v) is 18.5. The van der Waals surface area contributed by atoms with E-state index < -0.39 is 0 Å². The van der Waals surface area contributed by atoms with E-state index >= 15 is 0 Å². The Balaban J connectivity index is 1.69. The van der Waals surface area contributed by atoms with Crippen molar-refractivity contribution in [3.05, 3.63) is 101 Å². The van der Waals surface area contributed by atoms with Crippen LogP contribution in [-0.4, -0.2) is 44.7 Å². The maximum atomic E-state index is 13.5. The van der Waals surface area contributed by atoms with Gasteiger partial charge in [-0.15, -0.1) is 0 Å². The molecule has 0 unspecified atom stereocenters. The van der Waals surface area contributed by atoms with Gasteiger partial charge in [0.1, 0.15) is 5.70 Å². The summed E-state index contributed by atoms with van der Waals surface area (Å²) in [6.07, 6.45) is 7.57. The highest BCUT2D eigenvalue weighted by Crippen LogP contribution is 2.33. The molecule has 0 saturated carbocycles. The molecule has 4 rings (SSSR count). The smallest absolute Gasteiger partial charge is 0.278 e. The van der Waals surface area contributed by atoms with Gasteiger partial charge >= 0.3 is 0 Å². The lowest BCUT2D eigenvalue weighted by atomic mass is 10.0. The molecule has 7 heteroatoms. The van der Waals surface area contributed by atoms with Crippen LogP contribution in [0.25, 0.3) is 5.57 Å². The summed E-state index contributed by atoms with van der Waals surface area (Å²) < 4.78 is 0. The second-order valence-corrected chi connectivity index (χ2v) is 7.91. The fourth-order valence-electron chi connectivity index (χ4n) is 3.79. The number of halogens is 1. The predicted octanol–water partition coefficient (Wildman–Crippen LogP) is 3.97. The average molecular weight is 447 g/mol. The normalized spacial score (nSPS) is 13.8. The van der Waals surface area contributed by atoms with Crippen molar-refractivity contribution in [2.75, 3.05) is 13.1 Å². The Kier molecular flexibility index (Phi) is 6.61. The molecule has 0 fully saturated rings. The lowest BCUT2D eigenvalue weighted by molar-refractivity contribution is -0.138. The second-order valence-electron chi connectivity index (χ2n) is 7.47. The van der Waals surface area contributed by atoms with Gasteiger partial charge in [-0.1, -0.05) is 29.8 Å². The third kappa shape index (κ3) is 4.55. The molecule has 0 N–H and O–H groups in total. The monoisotopic (exact) mass is 446 g/mol. The molecule has 2 aromatic heterocycles. The minimum atomic E-state index is -0.307. The van der Waals surface area contributed by atoms with E-state index in [1.807, 2.05) is 30.0 Å². The molecule has 0 spiro atoms. The average Bonchev–Trinajstić information content (AvgIpc) is 3.06. The standard InChI is InChI=1S/C25H23ClN4O2/c1-2-29(15-11-18-9-13-27-14-10-18)23-22(20-5-7-21(26)8-6-20)24(31)30(25(23)32)17-19-4-3-12-28-16-19/h3-10,12-14,16H,2,11,15,17H2,1H3. The maximum absolute atomic E-state index is 13.5. The number of benzene rings is 1. The number of likely N-dealkylation sites (N-methyl/N-ethyl adjacent to an activating group) is 1. The van der Waals surface area contributed by atoms with Gasteiger partial charge in [0.05, 0.1) is 12.1 Å². The molecule has 3 aromatic rings. The number of pyridine rings is 2. The number of hydrogen-bond donors (Lipinski definition) is 0. The molecular formula is C25H23ClN4O2. The number of nitrogens with zero attached hydrogens (tertiary/aromatic N) is 4. The molecule has 1 aliphatic rings. The zero-order chi connectivity index (χ0) is 22.5. The van der Waals surface area contributed by atoms with Crippen molar-refractivity contribution in [3.8, 4) is 0 Å². The number of amides is 2. The summed E-state index contributed by atoms with van der Waals surface area (Å²) in [6.45, 7) is 3.36. The van der Waals surface area contributed by atoms with Gasteiger partial charge in [-0.3, -0.25) is 24.5 Å². The van der Waals surface area contributed by atoms with Crippen LogP contribution in [-0.2, 0) is 22.6 Å². The van der Waals surface area contributed by atoms with Crippen LogP contribution in [0.1, 0.15) is 23.6 Å². The van der Waals surface area contributed by atoms with Gasteiger partial charge in [-0.05, 0) is 60.4 Å². The first-order chi connectivity index (χ1) is 15.6. The number of rotatable bonds is 8. The van der Waals surface area contributed by atoms with Crippen LogP contribution in [0.5, 0.6) is 0 Å². The number of aromatic nitrogens is 2. The highest BCUT2D eigenvalue weighted by atomic mass is 35.5. The van der Waals surface area contributed by atoms with E-state index in [4.69, 9.17) is 11.6 Å². The molecule has 0 aliphatic carbocycles. The van der Waals surface area contributed by atoms with Crippen LogP contribution in [0.15, 0.2) is 79.0 Å². The van der Waals surface area contributed by atoms with E-state index in [-0.39, 0.29) is 18.4 Å². The molecule has 162 valence electrons. The summed E-state index contributed by atoms with van der Waals surface area (Å²) in [5, 5.41) is 0.574. The molecule has 3 heterocycles. The van der Waals surface area contributed by atoms with Crippen molar-refractivity contribution in [2.45, 2.75) is 19.9 Å². The summed E-state index contributed by atoms with van der Waals surface area (Å²) in [6, 6.07) is 14.6. The lowest BCUT2D eigenvalue weighted by Crippen LogP contribution is -2.35. The molecule has 32 heavy (non-hydrogen) atoms. The second kappa shape index (κ2) is 9.75. The Morgan fingerprint density at radius 2 is 1.66 bits per heavy atom. The van der Waals surface area contributed by atoms with Crippen molar-refractivity contribution in [1.29, 1.82) is 0 Å². The van der Waals surface area contributed by atoms with E-state index in [1.165, 1.54) is 4.90 Å². The molecular weight excluding hydrogens is 424 g/mol. The fraction of sp³-hybridized carbons (Fsp3) is 0.200. The van der Waals surface area contributed by atoms with Crippen LogP contribution in [0.4, 0.5) is 0 Å². The van der Waals surface area contributed by atoms with E-state index in [1.54, 1.807) is 55.1 Å². The highest BCUT2D eigenvalue weighted by molar-refractivity contribution is 6.35. The number of hydrogen-bond acceptors (Lipinski definition) is 5. The third-order valence-electron chi connectivity index (χ3n) is 5.46. The fourth-order valence-corrected chi connectivity index (χ4v) is 3.92. The van der Waals surface area contributed by atoms with Crippen LogP contribution in [0, 0.1) is 0 Å². The first-order valence-electron chi connectivity index (χ1n) is 10.5. The lowest BCUT2D eigenvalue weighted by Gasteiger charge is -2.25. The maximum Gasteiger partial charge on any atom is 0.278 e. The topological polar surface area (TPSA) is 66.4 Å². The Hall–Kier alpha value is -3.51. The quantitative estimate of drug-likeness (QED) is 0.490. The molecule has 0 radical (unpaired) electrons. The zero-order valence-electron chi connectivity index (χ0n) is 17.7. The van der Waals surface area contributed by atoms with Gasteiger partial charge in [-0.2, -0.15) is 0 Å². The van der Waals surface area contributed by atoms with Crippen LogP contribution < -0.4 is 0 Å². The molecule has 1 aliphatic heterocycles. The summed E-state index contributed by atoms with van der Waals surface area (Å²) in [4.78, 5) is 38.4. The summed E-state index contributed by atoms with van der Waals surface area (Å²) in [5.41, 5.74) is 3.44. The van der Waals surface area contributed by atoms with Gasteiger partial charge in [0.15, 0.2) is 0 Å². The Labute approximate surface area is 192 Å². The van der Waals surface area contributed by atoms with E-state index in [0.717, 1.165) is 17.5 Å². The summed E-state index contributed by atoms with van der Waals surface area (Å²) in [5.74, 6) is -0.598. The molecule has 2 amide bonds. The first kappa shape index (κ1) is 21.7. The van der Waals surface area contributed by atoms with Gasteiger partial charge in [0.25, 0.3) is 11.8 Å². The molecule has 0 atom stereocenters. The number of imide groups is 1.